The van der Waals surface area contributed by atoms with Crippen LogP contribution in [0.2, 0.25) is 0 Å². The predicted octanol–water partition coefficient (Wildman–Crippen LogP) is 5.37. The summed E-state index contributed by atoms with van der Waals surface area (Å²) in [6.07, 6.45) is 4.90. The summed E-state index contributed by atoms with van der Waals surface area (Å²) >= 11 is 0. The van der Waals surface area contributed by atoms with Crippen LogP contribution in [-0.4, -0.2) is 50.1 Å². The summed E-state index contributed by atoms with van der Waals surface area (Å²) in [6, 6.07) is 4.19. The molecule has 5 fully saturated rings. The number of amides is 1. The third-order valence-corrected chi connectivity index (χ3v) is 8.79. The van der Waals surface area contributed by atoms with Crippen LogP contribution in [0.4, 0.5) is 24.5 Å². The molecule has 0 atom stereocenters. The van der Waals surface area contributed by atoms with Crippen molar-refractivity contribution >= 4 is 42.1 Å². The number of rotatable bonds is 7. The van der Waals surface area contributed by atoms with Crippen molar-refractivity contribution in [2.24, 2.45) is 23.2 Å². The standard InChI is InChI=1S/C26H37F3N4O.2ClH/c27-26(28,29)22-14-21(3-4-23(22)30)33-9-7-32(8-10-33)6-2-1-5-31-24(34)25-15-18-11-19(16-25)13-20(12-18)17-25;;/h3-4,14,18-20H,1-2,5-13,15-17,30H2,(H,31,34);2*1H. The number of carbonyl (C=O) groups is 1. The van der Waals surface area contributed by atoms with E-state index >= 15 is 0 Å². The molecule has 3 N–H and O–H groups in total. The minimum Gasteiger partial charge on any atom is -0.398 e. The van der Waals surface area contributed by atoms with Gasteiger partial charge in [-0.3, -0.25) is 9.69 Å². The fourth-order valence-corrected chi connectivity index (χ4v) is 7.45. The number of anilines is 2. The Hall–Kier alpha value is -1.38. The molecule has 0 radical (unpaired) electrons. The molecule has 5 nitrogen and oxygen atoms in total. The van der Waals surface area contributed by atoms with Gasteiger partial charge in [0.15, 0.2) is 0 Å². The van der Waals surface area contributed by atoms with Gasteiger partial charge in [-0.25, -0.2) is 0 Å². The molecule has 1 heterocycles. The maximum Gasteiger partial charge on any atom is 0.418 e. The van der Waals surface area contributed by atoms with Crippen molar-refractivity contribution < 1.29 is 18.0 Å². The molecule has 1 amide bonds. The molecule has 4 bridgehead atoms. The molecule has 0 spiro atoms. The summed E-state index contributed by atoms with van der Waals surface area (Å²) < 4.78 is 39.5. The number of nitrogens with zero attached hydrogens (tertiary/aromatic N) is 2. The summed E-state index contributed by atoms with van der Waals surface area (Å²) in [6.45, 7) is 4.74. The molecule has 0 aromatic heterocycles. The number of nitrogens with one attached hydrogen (secondary N) is 1. The highest BCUT2D eigenvalue weighted by Gasteiger charge is 2.54. The fraction of sp³-hybridized carbons (Fsp3) is 0.731. The van der Waals surface area contributed by atoms with E-state index in [1.165, 1.54) is 25.3 Å². The van der Waals surface area contributed by atoms with Crippen LogP contribution in [0.3, 0.4) is 0 Å². The number of halogens is 5. The molecule has 4 aliphatic carbocycles. The number of piperazine rings is 1. The van der Waals surface area contributed by atoms with Crippen molar-refractivity contribution in [3.05, 3.63) is 23.8 Å². The van der Waals surface area contributed by atoms with Crippen molar-refractivity contribution in [1.82, 2.24) is 10.2 Å². The van der Waals surface area contributed by atoms with Gasteiger partial charge in [-0.05, 0) is 93.9 Å². The van der Waals surface area contributed by atoms with Crippen LogP contribution in [0.5, 0.6) is 0 Å². The molecule has 5 aliphatic rings. The Balaban J connectivity index is 0.00000180. The zero-order valence-electron chi connectivity index (χ0n) is 20.7. The van der Waals surface area contributed by atoms with Gasteiger partial charge in [0.2, 0.25) is 5.91 Å². The number of carbonyl (C=O) groups excluding carboxylic acids is 1. The average Bonchev–Trinajstić information content (AvgIpc) is 2.78. The van der Waals surface area contributed by atoms with Crippen LogP contribution in [0.1, 0.15) is 56.9 Å². The third-order valence-electron chi connectivity index (χ3n) is 8.79. The molecular formula is C26H39Cl2F3N4O. The molecule has 10 heteroatoms. The molecule has 1 aromatic carbocycles. The maximum atomic E-state index is 13.2. The average molecular weight is 552 g/mol. The Morgan fingerprint density at radius 3 is 2.11 bits per heavy atom. The summed E-state index contributed by atoms with van der Waals surface area (Å²) in [4.78, 5) is 17.4. The predicted molar refractivity (Wildman–Crippen MR) is 142 cm³/mol. The summed E-state index contributed by atoms with van der Waals surface area (Å²) in [5.74, 6) is 2.65. The minimum atomic E-state index is -4.44. The lowest BCUT2D eigenvalue weighted by Crippen LogP contribution is -2.53. The highest BCUT2D eigenvalue weighted by Crippen LogP contribution is 2.60. The molecule has 1 aliphatic heterocycles. The first-order valence-electron chi connectivity index (χ1n) is 12.9. The van der Waals surface area contributed by atoms with Crippen LogP contribution in [0.15, 0.2) is 18.2 Å². The first kappa shape index (κ1) is 29.2. The van der Waals surface area contributed by atoms with E-state index < -0.39 is 11.7 Å². The van der Waals surface area contributed by atoms with Gasteiger partial charge in [0.25, 0.3) is 0 Å². The number of hydrogen-bond acceptors (Lipinski definition) is 4. The molecule has 1 saturated heterocycles. The zero-order chi connectivity index (χ0) is 23.9. The van der Waals surface area contributed by atoms with Gasteiger partial charge in [0.1, 0.15) is 0 Å². The first-order valence-corrected chi connectivity index (χ1v) is 12.9. The molecule has 204 valence electrons. The van der Waals surface area contributed by atoms with Crippen molar-refractivity contribution in [3.63, 3.8) is 0 Å². The summed E-state index contributed by atoms with van der Waals surface area (Å²) in [5.41, 5.74) is 5.04. The van der Waals surface area contributed by atoms with Gasteiger partial charge >= 0.3 is 6.18 Å². The second kappa shape index (κ2) is 11.6. The highest BCUT2D eigenvalue weighted by molar-refractivity contribution is 5.85. The normalized spacial score (nSPS) is 29.4. The number of unbranched alkanes of at least 4 members (excludes halogenated alkanes) is 1. The quantitative estimate of drug-likeness (QED) is 0.354. The monoisotopic (exact) mass is 550 g/mol. The van der Waals surface area contributed by atoms with E-state index in [-0.39, 0.29) is 35.9 Å². The minimum absolute atomic E-state index is 0. The smallest absolute Gasteiger partial charge is 0.398 e. The largest absolute Gasteiger partial charge is 0.418 e. The molecule has 1 aromatic rings. The van der Waals surface area contributed by atoms with Crippen molar-refractivity contribution in [1.29, 1.82) is 0 Å². The van der Waals surface area contributed by atoms with E-state index in [1.807, 2.05) is 4.90 Å². The maximum absolute atomic E-state index is 13.2. The molecule has 4 saturated carbocycles. The third kappa shape index (κ3) is 6.18. The topological polar surface area (TPSA) is 61.6 Å². The van der Waals surface area contributed by atoms with Gasteiger partial charge < -0.3 is 16.0 Å². The van der Waals surface area contributed by atoms with E-state index in [9.17, 15) is 18.0 Å². The number of nitrogens with two attached hydrogens (primary N) is 1. The van der Waals surface area contributed by atoms with E-state index in [2.05, 4.69) is 10.2 Å². The van der Waals surface area contributed by atoms with Crippen LogP contribution < -0.4 is 16.0 Å². The second-order valence-electron chi connectivity index (χ2n) is 11.3. The highest BCUT2D eigenvalue weighted by atomic mass is 35.5. The lowest BCUT2D eigenvalue weighted by Gasteiger charge is -2.55. The molecule has 36 heavy (non-hydrogen) atoms. The first-order chi connectivity index (χ1) is 16.2. The Bertz CT molecular complexity index is 870. The Morgan fingerprint density at radius 1 is 0.972 bits per heavy atom. The fourth-order valence-electron chi connectivity index (χ4n) is 7.45. The van der Waals surface area contributed by atoms with Gasteiger partial charge in [0, 0.05) is 49.5 Å². The van der Waals surface area contributed by atoms with Gasteiger partial charge in [0.05, 0.1) is 5.56 Å². The van der Waals surface area contributed by atoms with Gasteiger partial charge in [-0.2, -0.15) is 13.2 Å². The van der Waals surface area contributed by atoms with Crippen molar-refractivity contribution in [2.75, 3.05) is 49.9 Å². The molecule has 0 unspecified atom stereocenters. The van der Waals surface area contributed by atoms with E-state index in [1.54, 1.807) is 6.07 Å². The number of nitrogen functional groups attached to an aromatic ring is 1. The van der Waals surface area contributed by atoms with E-state index in [0.717, 1.165) is 82.1 Å². The SMILES string of the molecule is Cl.Cl.Nc1ccc(N2CCN(CCCCNC(=O)C34CC5CC(CC(C5)C3)C4)CC2)cc1C(F)(F)F. The lowest BCUT2D eigenvalue weighted by atomic mass is 9.49. The van der Waals surface area contributed by atoms with Gasteiger partial charge in [-0.15, -0.1) is 24.8 Å². The number of hydrogen-bond donors (Lipinski definition) is 2. The van der Waals surface area contributed by atoms with Crippen LogP contribution in [0, 0.1) is 23.2 Å². The molecular weight excluding hydrogens is 512 g/mol. The van der Waals surface area contributed by atoms with Crippen LogP contribution in [-0.2, 0) is 11.0 Å². The Kier molecular flexibility index (Phi) is 9.37. The van der Waals surface area contributed by atoms with Crippen molar-refractivity contribution in [3.8, 4) is 0 Å². The Morgan fingerprint density at radius 2 is 1.56 bits per heavy atom. The van der Waals surface area contributed by atoms with Crippen LogP contribution in [0.25, 0.3) is 0 Å². The summed E-state index contributed by atoms with van der Waals surface area (Å²) in [7, 11) is 0. The van der Waals surface area contributed by atoms with Crippen LogP contribution >= 0.6 is 24.8 Å². The zero-order valence-corrected chi connectivity index (χ0v) is 22.3. The molecule has 6 rings (SSSR count). The lowest BCUT2D eigenvalue weighted by molar-refractivity contribution is -0.146. The Labute approximate surface area is 224 Å². The summed E-state index contributed by atoms with van der Waals surface area (Å²) in [5, 5.41) is 3.26. The van der Waals surface area contributed by atoms with Crippen molar-refractivity contribution in [2.45, 2.75) is 57.5 Å². The van der Waals surface area contributed by atoms with E-state index in [4.69, 9.17) is 5.73 Å². The second-order valence-corrected chi connectivity index (χ2v) is 11.3. The number of alkyl halides is 3. The van der Waals surface area contributed by atoms with E-state index in [0.29, 0.717) is 24.7 Å². The number of benzene rings is 1. The van der Waals surface area contributed by atoms with Gasteiger partial charge in [-0.1, -0.05) is 0 Å².